The zero-order chi connectivity index (χ0) is 17.9. The zero-order valence-electron chi connectivity index (χ0n) is 15.8. The second-order valence-electron chi connectivity index (χ2n) is 6.23. The number of hydrogen-bond donors (Lipinski definition) is 2. The highest BCUT2D eigenvalue weighted by Gasteiger charge is 2.11. The number of likely N-dealkylation sites (N-methyl/N-ethyl adjacent to an activating group) is 1. The van der Waals surface area contributed by atoms with Crippen LogP contribution in [0, 0.1) is 0 Å². The predicted octanol–water partition coefficient (Wildman–Crippen LogP) is 2.79. The van der Waals surface area contributed by atoms with Crippen LogP contribution >= 0.6 is 0 Å². The molecule has 0 unspecified atom stereocenters. The van der Waals surface area contributed by atoms with Gasteiger partial charge < -0.3 is 20.3 Å². The van der Waals surface area contributed by atoms with Crippen LogP contribution in [0.15, 0.2) is 41.4 Å². The topological polar surface area (TPSA) is 48.9 Å². The first-order valence-corrected chi connectivity index (χ1v) is 9.31. The molecule has 0 atom stereocenters. The molecule has 1 aromatic carbocycles. The van der Waals surface area contributed by atoms with Crippen molar-refractivity contribution in [3.8, 4) is 5.75 Å². The van der Waals surface area contributed by atoms with Crippen LogP contribution in [0.25, 0.3) is 0 Å². The third-order valence-corrected chi connectivity index (χ3v) is 4.53. The Bertz CT molecular complexity index is 541. The maximum atomic E-state index is 5.83. The van der Waals surface area contributed by atoms with Gasteiger partial charge in [-0.15, -0.1) is 0 Å². The van der Waals surface area contributed by atoms with E-state index < -0.39 is 0 Å². The normalized spacial score (nSPS) is 15.0. The van der Waals surface area contributed by atoms with Gasteiger partial charge in [-0.25, -0.2) is 0 Å². The minimum absolute atomic E-state index is 0.466. The first-order valence-electron chi connectivity index (χ1n) is 9.31. The van der Waals surface area contributed by atoms with E-state index in [2.05, 4.69) is 58.7 Å². The summed E-state index contributed by atoms with van der Waals surface area (Å²) in [4.78, 5) is 6.65. The van der Waals surface area contributed by atoms with Crippen LogP contribution in [0.1, 0.15) is 32.3 Å². The monoisotopic (exact) mass is 344 g/mol. The smallest absolute Gasteiger partial charge is 0.191 e. The van der Waals surface area contributed by atoms with Gasteiger partial charge in [0, 0.05) is 26.2 Å². The van der Waals surface area contributed by atoms with Crippen molar-refractivity contribution in [1.82, 2.24) is 15.5 Å². The molecule has 0 amide bonds. The number of rotatable bonds is 9. The van der Waals surface area contributed by atoms with Crippen LogP contribution in [-0.4, -0.2) is 50.2 Å². The van der Waals surface area contributed by atoms with Crippen molar-refractivity contribution in [2.24, 2.45) is 4.99 Å². The predicted molar refractivity (Wildman–Crippen MR) is 105 cm³/mol. The molecule has 0 bridgehead atoms. The maximum absolute atomic E-state index is 5.83. The van der Waals surface area contributed by atoms with E-state index >= 15 is 0 Å². The highest BCUT2D eigenvalue weighted by molar-refractivity contribution is 5.80. The molecular weight excluding hydrogens is 312 g/mol. The van der Waals surface area contributed by atoms with Crippen LogP contribution in [0.4, 0.5) is 0 Å². The zero-order valence-corrected chi connectivity index (χ0v) is 15.8. The Hall–Kier alpha value is -2.01. The Labute approximate surface area is 152 Å². The molecular formula is C20H32N4O. The number of ether oxygens (including phenoxy) is 1. The van der Waals surface area contributed by atoms with Crippen molar-refractivity contribution < 1.29 is 4.74 Å². The number of hydrogen-bond acceptors (Lipinski definition) is 3. The van der Waals surface area contributed by atoms with Gasteiger partial charge in [-0.2, -0.15) is 0 Å². The number of guanidine groups is 1. The molecule has 25 heavy (non-hydrogen) atoms. The summed E-state index contributed by atoms with van der Waals surface area (Å²) in [5.41, 5.74) is 1.21. The van der Waals surface area contributed by atoms with Gasteiger partial charge in [0.2, 0.25) is 0 Å². The van der Waals surface area contributed by atoms with Crippen LogP contribution in [-0.2, 0) is 6.54 Å². The Morgan fingerprint density at radius 3 is 2.44 bits per heavy atom. The summed E-state index contributed by atoms with van der Waals surface area (Å²) in [5, 5.41) is 6.81. The molecule has 0 radical (unpaired) electrons. The Morgan fingerprint density at radius 2 is 1.84 bits per heavy atom. The SMILES string of the molecule is CCN(CC)CCOc1ccc(CNC(=NC)NC2CC=CC2)cc1. The molecule has 2 N–H and O–H groups in total. The third kappa shape index (κ3) is 6.78. The summed E-state index contributed by atoms with van der Waals surface area (Å²) >= 11 is 0. The largest absolute Gasteiger partial charge is 0.492 e. The fourth-order valence-corrected chi connectivity index (χ4v) is 2.84. The fraction of sp³-hybridized carbons (Fsp3) is 0.550. The molecule has 1 aliphatic carbocycles. The van der Waals surface area contributed by atoms with Crippen molar-refractivity contribution in [2.75, 3.05) is 33.3 Å². The molecule has 138 valence electrons. The summed E-state index contributed by atoms with van der Waals surface area (Å²) in [6.45, 7) is 8.93. The van der Waals surface area contributed by atoms with E-state index in [1.54, 1.807) is 0 Å². The van der Waals surface area contributed by atoms with E-state index in [9.17, 15) is 0 Å². The van der Waals surface area contributed by atoms with Crippen LogP contribution in [0.2, 0.25) is 0 Å². The molecule has 1 aromatic rings. The van der Waals surface area contributed by atoms with E-state index in [1.807, 2.05) is 19.2 Å². The van der Waals surface area contributed by atoms with Gasteiger partial charge in [-0.3, -0.25) is 4.99 Å². The van der Waals surface area contributed by atoms with Gasteiger partial charge in [0.25, 0.3) is 0 Å². The lowest BCUT2D eigenvalue weighted by molar-refractivity contribution is 0.223. The average molecular weight is 345 g/mol. The van der Waals surface area contributed by atoms with E-state index in [0.717, 1.165) is 57.3 Å². The summed E-state index contributed by atoms with van der Waals surface area (Å²) < 4.78 is 5.83. The Balaban J connectivity index is 1.72. The van der Waals surface area contributed by atoms with E-state index in [4.69, 9.17) is 4.74 Å². The van der Waals surface area contributed by atoms with E-state index in [-0.39, 0.29) is 0 Å². The maximum Gasteiger partial charge on any atom is 0.191 e. The lowest BCUT2D eigenvalue weighted by Crippen LogP contribution is -2.42. The summed E-state index contributed by atoms with van der Waals surface area (Å²) in [5.74, 6) is 1.78. The van der Waals surface area contributed by atoms with Crippen molar-refractivity contribution in [3.05, 3.63) is 42.0 Å². The van der Waals surface area contributed by atoms with Gasteiger partial charge in [0.05, 0.1) is 0 Å². The summed E-state index contributed by atoms with van der Waals surface area (Å²) in [7, 11) is 1.81. The van der Waals surface area contributed by atoms with Crippen LogP contribution < -0.4 is 15.4 Å². The Morgan fingerprint density at radius 1 is 1.16 bits per heavy atom. The average Bonchev–Trinajstić information content (AvgIpc) is 3.16. The van der Waals surface area contributed by atoms with Gasteiger partial charge in [-0.05, 0) is 43.6 Å². The lowest BCUT2D eigenvalue weighted by Gasteiger charge is -2.18. The van der Waals surface area contributed by atoms with Gasteiger partial charge in [0.1, 0.15) is 12.4 Å². The quantitative estimate of drug-likeness (QED) is 0.411. The Kier molecular flexibility index (Phi) is 8.32. The van der Waals surface area contributed by atoms with Gasteiger partial charge in [-0.1, -0.05) is 38.1 Å². The first kappa shape index (κ1) is 19.3. The van der Waals surface area contributed by atoms with Crippen molar-refractivity contribution in [2.45, 2.75) is 39.3 Å². The van der Waals surface area contributed by atoms with Crippen molar-refractivity contribution in [3.63, 3.8) is 0 Å². The minimum Gasteiger partial charge on any atom is -0.492 e. The summed E-state index contributed by atoms with van der Waals surface area (Å²) in [6, 6.07) is 8.74. The van der Waals surface area contributed by atoms with Crippen LogP contribution in [0.3, 0.4) is 0 Å². The van der Waals surface area contributed by atoms with Gasteiger partial charge >= 0.3 is 0 Å². The molecule has 5 heteroatoms. The molecule has 0 saturated heterocycles. The molecule has 0 spiro atoms. The standard InChI is InChI=1S/C20H32N4O/c1-4-24(5-2)14-15-25-19-12-10-17(11-13-19)16-22-20(21-3)23-18-8-6-7-9-18/h6-7,10-13,18H,4-5,8-9,14-16H2,1-3H3,(H2,21,22,23). The second kappa shape index (κ2) is 10.8. The molecule has 0 heterocycles. The highest BCUT2D eigenvalue weighted by Crippen LogP contribution is 2.12. The number of benzene rings is 1. The molecule has 2 rings (SSSR count). The number of nitrogens with zero attached hydrogens (tertiary/aromatic N) is 2. The molecule has 5 nitrogen and oxygen atoms in total. The highest BCUT2D eigenvalue weighted by atomic mass is 16.5. The second-order valence-corrected chi connectivity index (χ2v) is 6.23. The number of nitrogens with one attached hydrogen (secondary N) is 2. The molecule has 1 aliphatic rings. The van der Waals surface area contributed by atoms with E-state index in [1.165, 1.54) is 5.56 Å². The minimum atomic E-state index is 0.466. The fourth-order valence-electron chi connectivity index (χ4n) is 2.84. The van der Waals surface area contributed by atoms with Gasteiger partial charge in [0.15, 0.2) is 5.96 Å². The molecule has 0 aliphatic heterocycles. The lowest BCUT2D eigenvalue weighted by atomic mass is 10.2. The van der Waals surface area contributed by atoms with E-state index in [0.29, 0.717) is 6.04 Å². The van der Waals surface area contributed by atoms with Crippen molar-refractivity contribution in [1.29, 1.82) is 0 Å². The number of aliphatic imine (C=N–C) groups is 1. The molecule has 0 saturated carbocycles. The third-order valence-electron chi connectivity index (χ3n) is 4.53. The first-order chi connectivity index (χ1) is 12.2. The summed E-state index contributed by atoms with van der Waals surface area (Å²) in [6.07, 6.45) is 6.56. The van der Waals surface area contributed by atoms with Crippen LogP contribution in [0.5, 0.6) is 5.75 Å². The molecule has 0 fully saturated rings. The van der Waals surface area contributed by atoms with Crippen molar-refractivity contribution >= 4 is 5.96 Å². The molecule has 0 aromatic heterocycles.